The van der Waals surface area contributed by atoms with Gasteiger partial charge in [-0.15, -0.1) is 22.7 Å². The lowest BCUT2D eigenvalue weighted by Crippen LogP contribution is -1.96. The number of thiophene rings is 2. The van der Waals surface area contributed by atoms with Gasteiger partial charge in [0.2, 0.25) is 5.78 Å². The van der Waals surface area contributed by atoms with Crippen molar-refractivity contribution in [3.63, 3.8) is 0 Å². The Balaban J connectivity index is 2.15. The topological polar surface area (TPSA) is 17.1 Å². The van der Waals surface area contributed by atoms with Crippen LogP contribution >= 0.6 is 50.2 Å². The van der Waals surface area contributed by atoms with E-state index < -0.39 is 0 Å². The third-order valence-corrected chi connectivity index (χ3v) is 5.78. The Morgan fingerprint density at radius 2 is 2.06 bits per heavy atom. The molecule has 0 aliphatic carbocycles. The molecule has 0 atom stereocenters. The van der Waals surface area contributed by atoms with Crippen molar-refractivity contribution in [1.29, 1.82) is 0 Å². The van der Waals surface area contributed by atoms with E-state index in [1.807, 2.05) is 23.6 Å². The standard InChI is InChI=1S/C13H6BrClOS2/c14-9-3-1-2-7-8(6-17-13(7)9)12(16)10-4-5-11(15)18-10/h1-6H. The molecule has 0 saturated heterocycles. The third kappa shape index (κ3) is 2.03. The minimum absolute atomic E-state index is 0.0382. The van der Waals surface area contributed by atoms with Crippen molar-refractivity contribution < 1.29 is 4.79 Å². The molecule has 0 spiro atoms. The molecule has 2 heterocycles. The van der Waals surface area contributed by atoms with Gasteiger partial charge in [0.05, 0.1) is 9.21 Å². The summed E-state index contributed by atoms with van der Waals surface area (Å²) in [5.74, 6) is 0.0382. The molecule has 0 radical (unpaired) electrons. The predicted octanol–water partition coefficient (Wildman–Crippen LogP) is 5.61. The molecular formula is C13H6BrClOS2. The summed E-state index contributed by atoms with van der Waals surface area (Å²) in [6, 6.07) is 9.42. The maximum absolute atomic E-state index is 12.4. The van der Waals surface area contributed by atoms with E-state index in [1.54, 1.807) is 23.5 Å². The molecule has 0 N–H and O–H groups in total. The molecule has 0 fully saturated rings. The number of carbonyl (C=O) groups is 1. The first-order chi connectivity index (χ1) is 8.66. The average molecular weight is 358 g/mol. The molecule has 0 bridgehead atoms. The summed E-state index contributed by atoms with van der Waals surface area (Å²) in [6.07, 6.45) is 0. The van der Waals surface area contributed by atoms with E-state index in [0.717, 1.165) is 20.1 Å². The van der Waals surface area contributed by atoms with Crippen LogP contribution in [0.4, 0.5) is 0 Å². The van der Waals surface area contributed by atoms with E-state index in [0.29, 0.717) is 9.21 Å². The van der Waals surface area contributed by atoms with Gasteiger partial charge in [-0.1, -0.05) is 23.7 Å². The Morgan fingerprint density at radius 3 is 2.78 bits per heavy atom. The largest absolute Gasteiger partial charge is 0.288 e. The Hall–Kier alpha value is -0.680. The summed E-state index contributed by atoms with van der Waals surface area (Å²) < 4.78 is 2.76. The van der Waals surface area contributed by atoms with Crippen molar-refractivity contribution in [2.24, 2.45) is 0 Å². The van der Waals surface area contributed by atoms with Crippen LogP contribution in [0.2, 0.25) is 4.34 Å². The summed E-state index contributed by atoms with van der Waals surface area (Å²) >= 11 is 12.3. The Kier molecular flexibility index (Phi) is 3.28. The van der Waals surface area contributed by atoms with Crippen LogP contribution in [0.15, 0.2) is 40.2 Å². The Bertz CT molecular complexity index is 744. The zero-order chi connectivity index (χ0) is 12.7. The molecule has 90 valence electrons. The van der Waals surface area contributed by atoms with Crippen LogP contribution in [-0.4, -0.2) is 5.78 Å². The van der Waals surface area contributed by atoms with E-state index in [9.17, 15) is 4.79 Å². The summed E-state index contributed by atoms with van der Waals surface area (Å²) in [7, 11) is 0. The number of ketones is 1. The van der Waals surface area contributed by atoms with Crippen molar-refractivity contribution >= 4 is 66.1 Å². The van der Waals surface area contributed by atoms with Crippen LogP contribution in [0.5, 0.6) is 0 Å². The van der Waals surface area contributed by atoms with Gasteiger partial charge in [-0.25, -0.2) is 0 Å². The van der Waals surface area contributed by atoms with Crippen LogP contribution in [0.3, 0.4) is 0 Å². The summed E-state index contributed by atoms with van der Waals surface area (Å²) in [6.45, 7) is 0. The molecule has 1 aromatic carbocycles. The second-order valence-electron chi connectivity index (χ2n) is 3.70. The Labute approximate surface area is 125 Å². The van der Waals surface area contributed by atoms with E-state index >= 15 is 0 Å². The van der Waals surface area contributed by atoms with Gasteiger partial charge in [0.1, 0.15) is 0 Å². The second kappa shape index (κ2) is 4.78. The van der Waals surface area contributed by atoms with Crippen molar-refractivity contribution in [3.8, 4) is 0 Å². The fraction of sp³-hybridized carbons (Fsp3) is 0. The molecular weight excluding hydrogens is 352 g/mol. The molecule has 0 amide bonds. The highest BCUT2D eigenvalue weighted by Crippen LogP contribution is 2.34. The van der Waals surface area contributed by atoms with Gasteiger partial charge in [0.25, 0.3) is 0 Å². The molecule has 2 aromatic heterocycles. The fourth-order valence-corrected chi connectivity index (χ4v) is 4.37. The highest BCUT2D eigenvalue weighted by molar-refractivity contribution is 9.10. The molecule has 1 nitrogen and oxygen atoms in total. The van der Waals surface area contributed by atoms with Gasteiger partial charge >= 0.3 is 0 Å². The minimum Gasteiger partial charge on any atom is -0.288 e. The first-order valence-electron chi connectivity index (χ1n) is 5.12. The number of carbonyl (C=O) groups excluding carboxylic acids is 1. The summed E-state index contributed by atoms with van der Waals surface area (Å²) in [5.41, 5.74) is 0.745. The molecule has 0 unspecified atom stereocenters. The summed E-state index contributed by atoms with van der Waals surface area (Å²) in [4.78, 5) is 13.1. The lowest BCUT2D eigenvalue weighted by atomic mass is 10.1. The first kappa shape index (κ1) is 12.4. The lowest BCUT2D eigenvalue weighted by Gasteiger charge is -1.97. The highest BCUT2D eigenvalue weighted by Gasteiger charge is 2.16. The molecule has 0 aliphatic heterocycles. The van der Waals surface area contributed by atoms with Crippen molar-refractivity contribution in [1.82, 2.24) is 0 Å². The first-order valence-corrected chi connectivity index (χ1v) is 7.99. The number of benzene rings is 1. The van der Waals surface area contributed by atoms with Gasteiger partial charge in [0, 0.05) is 25.5 Å². The van der Waals surface area contributed by atoms with Crippen LogP contribution in [0, 0.1) is 0 Å². The summed E-state index contributed by atoms with van der Waals surface area (Å²) in [5, 5.41) is 2.90. The SMILES string of the molecule is O=C(c1ccc(Cl)s1)c1csc2c(Br)cccc12. The number of fused-ring (bicyclic) bond motifs is 1. The monoisotopic (exact) mass is 356 g/mol. The van der Waals surface area contributed by atoms with Crippen molar-refractivity contribution in [2.75, 3.05) is 0 Å². The van der Waals surface area contributed by atoms with Gasteiger partial charge in [-0.3, -0.25) is 4.79 Å². The van der Waals surface area contributed by atoms with Crippen LogP contribution in [0.25, 0.3) is 10.1 Å². The van der Waals surface area contributed by atoms with Crippen LogP contribution in [0.1, 0.15) is 15.2 Å². The Morgan fingerprint density at radius 1 is 1.22 bits per heavy atom. The molecule has 18 heavy (non-hydrogen) atoms. The van der Waals surface area contributed by atoms with Crippen LogP contribution < -0.4 is 0 Å². The maximum Gasteiger partial charge on any atom is 0.204 e. The third-order valence-electron chi connectivity index (χ3n) is 2.59. The van der Waals surface area contributed by atoms with E-state index in [1.165, 1.54) is 11.3 Å². The van der Waals surface area contributed by atoms with E-state index in [2.05, 4.69) is 15.9 Å². The normalized spacial score (nSPS) is 11.0. The molecule has 0 aliphatic rings. The molecule has 5 heteroatoms. The van der Waals surface area contributed by atoms with E-state index in [4.69, 9.17) is 11.6 Å². The number of halogens is 2. The molecule has 0 saturated carbocycles. The van der Waals surface area contributed by atoms with E-state index in [-0.39, 0.29) is 5.78 Å². The fourth-order valence-electron chi connectivity index (χ4n) is 1.77. The zero-order valence-electron chi connectivity index (χ0n) is 8.94. The van der Waals surface area contributed by atoms with Gasteiger partial charge < -0.3 is 0 Å². The minimum atomic E-state index is 0.0382. The van der Waals surface area contributed by atoms with Crippen molar-refractivity contribution in [2.45, 2.75) is 0 Å². The van der Waals surface area contributed by atoms with Gasteiger partial charge in [-0.05, 0) is 34.1 Å². The van der Waals surface area contributed by atoms with Gasteiger partial charge in [-0.2, -0.15) is 0 Å². The predicted molar refractivity (Wildman–Crippen MR) is 82.3 cm³/mol. The van der Waals surface area contributed by atoms with Gasteiger partial charge in [0.15, 0.2) is 0 Å². The molecule has 3 aromatic rings. The zero-order valence-corrected chi connectivity index (χ0v) is 12.9. The smallest absolute Gasteiger partial charge is 0.204 e. The number of hydrogen-bond donors (Lipinski definition) is 0. The average Bonchev–Trinajstić information content (AvgIpc) is 2.95. The number of hydrogen-bond acceptors (Lipinski definition) is 3. The quantitative estimate of drug-likeness (QED) is 0.545. The second-order valence-corrected chi connectivity index (χ2v) is 7.15. The maximum atomic E-state index is 12.4. The number of rotatable bonds is 2. The van der Waals surface area contributed by atoms with Crippen LogP contribution in [-0.2, 0) is 0 Å². The highest BCUT2D eigenvalue weighted by atomic mass is 79.9. The van der Waals surface area contributed by atoms with Crippen molar-refractivity contribution in [3.05, 3.63) is 55.0 Å². The lowest BCUT2D eigenvalue weighted by molar-refractivity contribution is 0.104. The molecule has 3 rings (SSSR count).